The number of nitrogens with zero attached hydrogens (tertiary/aromatic N) is 2. The van der Waals surface area contributed by atoms with Gasteiger partial charge in [-0.05, 0) is 42.8 Å². The molecule has 0 bridgehead atoms. The minimum Gasteiger partial charge on any atom is -0.494 e. The molecule has 6 nitrogen and oxygen atoms in total. The summed E-state index contributed by atoms with van der Waals surface area (Å²) in [5.41, 5.74) is 7.37. The van der Waals surface area contributed by atoms with Gasteiger partial charge in [-0.15, -0.1) is 0 Å². The summed E-state index contributed by atoms with van der Waals surface area (Å²) < 4.78 is 12.2. The molecule has 0 amide bonds. The van der Waals surface area contributed by atoms with Crippen LogP contribution in [0.4, 0.5) is 5.69 Å². The first-order chi connectivity index (χ1) is 10.2. The molecular formula is C15H15N3O3. The maximum Gasteiger partial charge on any atom is 0.421 e. The zero-order valence-electron chi connectivity index (χ0n) is 11.4. The molecule has 0 saturated carbocycles. The van der Waals surface area contributed by atoms with Gasteiger partial charge >= 0.3 is 5.76 Å². The minimum absolute atomic E-state index is 0.392. The van der Waals surface area contributed by atoms with Gasteiger partial charge in [0.25, 0.3) is 0 Å². The van der Waals surface area contributed by atoms with Gasteiger partial charge in [0.1, 0.15) is 5.75 Å². The van der Waals surface area contributed by atoms with Gasteiger partial charge in [0, 0.05) is 18.4 Å². The molecule has 0 aliphatic rings. The second kappa shape index (κ2) is 5.70. The van der Waals surface area contributed by atoms with Crippen LogP contribution in [0, 0.1) is 0 Å². The summed E-state index contributed by atoms with van der Waals surface area (Å²) in [5, 5.41) is 0. The van der Waals surface area contributed by atoms with Crippen molar-refractivity contribution in [1.29, 1.82) is 0 Å². The van der Waals surface area contributed by atoms with Gasteiger partial charge in [-0.2, -0.15) is 0 Å². The van der Waals surface area contributed by atoms with E-state index < -0.39 is 5.76 Å². The summed E-state index contributed by atoms with van der Waals surface area (Å²) in [6.45, 7) is 0.994. The highest BCUT2D eigenvalue weighted by Gasteiger charge is 2.09. The number of hydrogen-bond donors (Lipinski definition) is 1. The van der Waals surface area contributed by atoms with Crippen LogP contribution >= 0.6 is 0 Å². The Morgan fingerprint density at radius 2 is 2.05 bits per heavy atom. The summed E-state index contributed by atoms with van der Waals surface area (Å²) in [6.07, 6.45) is 2.31. The predicted molar refractivity (Wildman–Crippen MR) is 79.2 cm³/mol. The van der Waals surface area contributed by atoms with Crippen molar-refractivity contribution in [3.8, 4) is 5.75 Å². The van der Waals surface area contributed by atoms with Crippen molar-refractivity contribution in [2.24, 2.45) is 0 Å². The maximum atomic E-state index is 11.7. The van der Waals surface area contributed by atoms with E-state index in [9.17, 15) is 4.79 Å². The van der Waals surface area contributed by atoms with Crippen LogP contribution in [-0.4, -0.2) is 16.2 Å². The highest BCUT2D eigenvalue weighted by atomic mass is 16.5. The van der Waals surface area contributed by atoms with Gasteiger partial charge in [-0.3, -0.25) is 4.57 Å². The van der Waals surface area contributed by atoms with Crippen LogP contribution in [0.2, 0.25) is 0 Å². The molecule has 0 radical (unpaired) electrons. The van der Waals surface area contributed by atoms with E-state index in [1.54, 1.807) is 30.5 Å². The Morgan fingerprint density at radius 1 is 1.24 bits per heavy atom. The summed E-state index contributed by atoms with van der Waals surface area (Å²) >= 11 is 0. The van der Waals surface area contributed by atoms with E-state index in [0.717, 1.165) is 5.75 Å². The maximum absolute atomic E-state index is 11.7. The predicted octanol–water partition coefficient (Wildman–Crippen LogP) is 2.04. The van der Waals surface area contributed by atoms with Crippen molar-refractivity contribution in [3.63, 3.8) is 0 Å². The SMILES string of the molecule is Nc1ccc(OCCCn2c(=O)oc3cccnc32)cc1. The summed E-state index contributed by atoms with van der Waals surface area (Å²) in [4.78, 5) is 15.9. The first kappa shape index (κ1) is 13.2. The number of pyridine rings is 1. The fraction of sp³-hybridized carbons (Fsp3) is 0.200. The molecule has 0 spiro atoms. The smallest absolute Gasteiger partial charge is 0.421 e. The number of oxazole rings is 1. The zero-order valence-corrected chi connectivity index (χ0v) is 11.4. The summed E-state index contributed by atoms with van der Waals surface area (Å²) in [6, 6.07) is 10.7. The number of aryl methyl sites for hydroxylation is 1. The average molecular weight is 285 g/mol. The molecule has 1 aromatic carbocycles. The molecule has 0 unspecified atom stereocenters. The van der Waals surface area contributed by atoms with E-state index in [0.29, 0.717) is 36.5 Å². The third-order valence-electron chi connectivity index (χ3n) is 3.10. The fourth-order valence-electron chi connectivity index (χ4n) is 2.07. The topological polar surface area (TPSA) is 83.3 Å². The van der Waals surface area contributed by atoms with E-state index in [4.69, 9.17) is 14.9 Å². The monoisotopic (exact) mass is 285 g/mol. The lowest BCUT2D eigenvalue weighted by molar-refractivity contribution is 0.300. The van der Waals surface area contributed by atoms with Crippen molar-refractivity contribution in [1.82, 2.24) is 9.55 Å². The average Bonchev–Trinajstić information content (AvgIpc) is 2.81. The zero-order chi connectivity index (χ0) is 14.7. The standard InChI is InChI=1S/C15H15N3O3/c16-11-4-6-12(7-5-11)20-10-2-9-18-14-13(21-15(18)19)3-1-8-17-14/h1,3-8H,2,9-10,16H2. The van der Waals surface area contributed by atoms with E-state index in [1.807, 2.05) is 12.1 Å². The van der Waals surface area contributed by atoms with Gasteiger partial charge < -0.3 is 14.9 Å². The minimum atomic E-state index is -0.392. The number of rotatable bonds is 5. The summed E-state index contributed by atoms with van der Waals surface area (Å²) in [5.74, 6) is 0.364. The van der Waals surface area contributed by atoms with Crippen LogP contribution in [0.3, 0.4) is 0 Å². The highest BCUT2D eigenvalue weighted by molar-refractivity contribution is 5.67. The molecule has 0 saturated heterocycles. The number of fused-ring (bicyclic) bond motifs is 1. The number of hydrogen-bond acceptors (Lipinski definition) is 5. The number of nitrogens with two attached hydrogens (primary N) is 1. The third kappa shape index (κ3) is 2.89. The Bertz CT molecular complexity index is 790. The number of benzene rings is 1. The molecular weight excluding hydrogens is 270 g/mol. The fourth-order valence-corrected chi connectivity index (χ4v) is 2.07. The highest BCUT2D eigenvalue weighted by Crippen LogP contribution is 2.13. The lowest BCUT2D eigenvalue weighted by Gasteiger charge is -2.06. The van der Waals surface area contributed by atoms with E-state index >= 15 is 0 Å². The Hall–Kier alpha value is -2.76. The second-order valence-corrected chi connectivity index (χ2v) is 4.62. The van der Waals surface area contributed by atoms with Gasteiger partial charge in [0.2, 0.25) is 0 Å². The van der Waals surface area contributed by atoms with Crippen molar-refractivity contribution in [2.75, 3.05) is 12.3 Å². The van der Waals surface area contributed by atoms with Crippen LogP contribution in [0.5, 0.6) is 5.75 Å². The lowest BCUT2D eigenvalue weighted by atomic mass is 10.3. The molecule has 3 rings (SSSR count). The first-order valence-electron chi connectivity index (χ1n) is 6.67. The van der Waals surface area contributed by atoms with Crippen LogP contribution in [0.15, 0.2) is 51.8 Å². The number of anilines is 1. The number of aromatic nitrogens is 2. The van der Waals surface area contributed by atoms with Gasteiger partial charge in [0.15, 0.2) is 11.2 Å². The third-order valence-corrected chi connectivity index (χ3v) is 3.10. The van der Waals surface area contributed by atoms with Crippen LogP contribution in [-0.2, 0) is 6.54 Å². The first-order valence-corrected chi connectivity index (χ1v) is 6.67. The molecule has 2 aromatic heterocycles. The van der Waals surface area contributed by atoms with Gasteiger partial charge in [0.05, 0.1) is 6.61 Å². The number of ether oxygens (including phenoxy) is 1. The van der Waals surface area contributed by atoms with Gasteiger partial charge in [-0.25, -0.2) is 9.78 Å². The van der Waals surface area contributed by atoms with Crippen LogP contribution in [0.25, 0.3) is 11.2 Å². The Kier molecular flexibility index (Phi) is 3.59. The van der Waals surface area contributed by atoms with Gasteiger partial charge in [-0.1, -0.05) is 0 Å². The summed E-state index contributed by atoms with van der Waals surface area (Å²) in [7, 11) is 0. The number of nitrogen functional groups attached to an aromatic ring is 1. The van der Waals surface area contributed by atoms with E-state index in [2.05, 4.69) is 4.98 Å². The lowest BCUT2D eigenvalue weighted by Crippen LogP contribution is -2.16. The molecule has 2 N–H and O–H groups in total. The van der Waals surface area contributed by atoms with Crippen molar-refractivity contribution < 1.29 is 9.15 Å². The largest absolute Gasteiger partial charge is 0.494 e. The van der Waals surface area contributed by atoms with E-state index in [-0.39, 0.29) is 0 Å². The van der Waals surface area contributed by atoms with Crippen molar-refractivity contribution >= 4 is 16.9 Å². The van der Waals surface area contributed by atoms with Crippen LogP contribution < -0.4 is 16.2 Å². The molecule has 0 aliphatic heterocycles. The molecule has 0 aliphatic carbocycles. The van der Waals surface area contributed by atoms with E-state index in [1.165, 1.54) is 4.57 Å². The molecule has 21 heavy (non-hydrogen) atoms. The Balaban J connectivity index is 1.61. The normalized spacial score (nSPS) is 10.9. The molecule has 108 valence electrons. The molecule has 2 heterocycles. The Labute approximate surface area is 120 Å². The molecule has 6 heteroatoms. The molecule has 0 fully saturated rings. The quantitative estimate of drug-likeness (QED) is 0.573. The van der Waals surface area contributed by atoms with Crippen molar-refractivity contribution in [2.45, 2.75) is 13.0 Å². The molecule has 0 atom stereocenters. The Morgan fingerprint density at radius 3 is 2.86 bits per heavy atom. The van der Waals surface area contributed by atoms with Crippen molar-refractivity contribution in [3.05, 3.63) is 53.1 Å². The second-order valence-electron chi connectivity index (χ2n) is 4.62. The van der Waals surface area contributed by atoms with Crippen LogP contribution in [0.1, 0.15) is 6.42 Å². The molecule has 3 aromatic rings.